The second-order valence-corrected chi connectivity index (χ2v) is 7.75. The smallest absolute Gasteiger partial charge is 0.0863 e. The molecule has 0 heterocycles. The Morgan fingerprint density at radius 3 is 2.11 bits per heavy atom. The van der Waals surface area contributed by atoms with Crippen LogP contribution in [0.25, 0.3) is 0 Å². The Morgan fingerprint density at radius 1 is 1.17 bits per heavy atom. The van der Waals surface area contributed by atoms with Gasteiger partial charge >= 0.3 is 0 Å². The molecule has 0 aliphatic heterocycles. The van der Waals surface area contributed by atoms with Crippen LogP contribution < -0.4 is 0 Å². The fraction of sp³-hybridized carbons (Fsp3) is 0.938. The zero-order chi connectivity index (χ0) is 13.6. The first-order chi connectivity index (χ1) is 8.25. The van der Waals surface area contributed by atoms with E-state index in [-0.39, 0.29) is 11.3 Å². The van der Waals surface area contributed by atoms with Crippen molar-refractivity contribution in [3.05, 3.63) is 0 Å². The van der Waals surface area contributed by atoms with Crippen LogP contribution in [0.2, 0.25) is 0 Å². The van der Waals surface area contributed by atoms with Crippen molar-refractivity contribution in [3.8, 4) is 6.07 Å². The minimum Gasteiger partial charge on any atom is -0.388 e. The predicted octanol–water partition coefficient (Wildman–Crippen LogP) is 3.89. The highest BCUT2D eigenvalue weighted by Gasteiger charge is 2.60. The van der Waals surface area contributed by atoms with Crippen molar-refractivity contribution in [3.63, 3.8) is 0 Å². The highest BCUT2D eigenvalue weighted by atomic mass is 16.3. The second-order valence-electron chi connectivity index (χ2n) is 7.75. The SMILES string of the molecule is CC1CCC(C#N)(C2(O)CC(C)(C)CC2C)CC1. The Morgan fingerprint density at radius 2 is 1.72 bits per heavy atom. The minimum absolute atomic E-state index is 0.168. The van der Waals surface area contributed by atoms with Crippen molar-refractivity contribution in [2.45, 2.75) is 71.8 Å². The van der Waals surface area contributed by atoms with Crippen molar-refractivity contribution < 1.29 is 5.11 Å². The lowest BCUT2D eigenvalue weighted by atomic mass is 9.59. The topological polar surface area (TPSA) is 44.0 Å². The van der Waals surface area contributed by atoms with E-state index in [1.807, 2.05) is 0 Å². The summed E-state index contributed by atoms with van der Waals surface area (Å²) in [6, 6.07) is 2.54. The summed E-state index contributed by atoms with van der Waals surface area (Å²) in [5.74, 6) is 0.945. The summed E-state index contributed by atoms with van der Waals surface area (Å²) < 4.78 is 0. The number of aliphatic hydroxyl groups is 1. The Balaban J connectivity index is 2.31. The summed E-state index contributed by atoms with van der Waals surface area (Å²) in [5, 5.41) is 21.0. The van der Waals surface area contributed by atoms with Crippen LogP contribution >= 0.6 is 0 Å². The van der Waals surface area contributed by atoms with E-state index in [2.05, 4.69) is 33.8 Å². The summed E-state index contributed by atoms with van der Waals surface area (Å²) in [6.07, 6.45) is 5.74. The van der Waals surface area contributed by atoms with Crippen molar-refractivity contribution >= 4 is 0 Å². The van der Waals surface area contributed by atoms with Gasteiger partial charge < -0.3 is 5.11 Å². The lowest BCUT2D eigenvalue weighted by Gasteiger charge is -2.47. The third-order valence-electron chi connectivity index (χ3n) is 5.59. The molecule has 2 unspecified atom stereocenters. The number of hydrogen-bond acceptors (Lipinski definition) is 2. The van der Waals surface area contributed by atoms with Crippen LogP contribution in [-0.4, -0.2) is 10.7 Å². The molecule has 102 valence electrons. The maximum atomic E-state index is 11.2. The molecule has 0 radical (unpaired) electrons. The Hall–Kier alpha value is -0.550. The van der Waals surface area contributed by atoms with Crippen molar-refractivity contribution in [2.24, 2.45) is 22.7 Å². The largest absolute Gasteiger partial charge is 0.388 e. The van der Waals surface area contributed by atoms with E-state index < -0.39 is 11.0 Å². The third kappa shape index (κ3) is 1.97. The van der Waals surface area contributed by atoms with E-state index in [0.29, 0.717) is 5.92 Å². The minimum atomic E-state index is -0.772. The van der Waals surface area contributed by atoms with Gasteiger partial charge in [-0.3, -0.25) is 0 Å². The van der Waals surface area contributed by atoms with Gasteiger partial charge in [-0.05, 0) is 55.8 Å². The average Bonchev–Trinajstić information content (AvgIpc) is 2.50. The maximum absolute atomic E-state index is 11.2. The van der Waals surface area contributed by atoms with Crippen molar-refractivity contribution in [1.29, 1.82) is 5.26 Å². The van der Waals surface area contributed by atoms with E-state index >= 15 is 0 Å². The van der Waals surface area contributed by atoms with Gasteiger partial charge in [-0.25, -0.2) is 0 Å². The summed E-state index contributed by atoms with van der Waals surface area (Å²) in [4.78, 5) is 0. The molecule has 2 aliphatic carbocycles. The van der Waals surface area contributed by atoms with Crippen molar-refractivity contribution in [1.82, 2.24) is 0 Å². The number of nitrogens with zero attached hydrogens (tertiary/aromatic N) is 1. The summed E-state index contributed by atoms with van der Waals surface area (Å²) in [5.41, 5.74) is -1.10. The maximum Gasteiger partial charge on any atom is 0.0863 e. The van der Waals surface area contributed by atoms with Gasteiger partial charge in [0, 0.05) is 0 Å². The molecule has 0 spiro atoms. The molecule has 2 nitrogen and oxygen atoms in total. The zero-order valence-electron chi connectivity index (χ0n) is 12.3. The molecular weight excluding hydrogens is 222 g/mol. The second kappa shape index (κ2) is 4.23. The van der Waals surface area contributed by atoms with Crippen LogP contribution in [0.4, 0.5) is 0 Å². The Kier molecular flexibility index (Phi) is 3.26. The molecule has 0 aromatic carbocycles. The number of rotatable bonds is 1. The van der Waals surface area contributed by atoms with E-state index in [0.717, 1.165) is 38.5 Å². The van der Waals surface area contributed by atoms with E-state index in [9.17, 15) is 10.4 Å². The van der Waals surface area contributed by atoms with Gasteiger partial charge in [0.15, 0.2) is 0 Å². The van der Waals surface area contributed by atoms with E-state index in [4.69, 9.17) is 0 Å². The standard InChI is InChI=1S/C16H27NO/c1-12-5-7-15(11-17,8-6-12)16(18)10-14(3,4)9-13(16)2/h12-13,18H,5-10H2,1-4H3. The van der Waals surface area contributed by atoms with Crippen molar-refractivity contribution in [2.75, 3.05) is 0 Å². The normalized spacial score (nSPS) is 47.8. The summed E-state index contributed by atoms with van der Waals surface area (Å²) in [7, 11) is 0. The quantitative estimate of drug-likeness (QED) is 0.766. The van der Waals surface area contributed by atoms with Gasteiger partial charge in [0.05, 0.1) is 17.1 Å². The van der Waals surface area contributed by atoms with E-state index in [1.165, 1.54) is 0 Å². The van der Waals surface area contributed by atoms with Gasteiger partial charge in [-0.15, -0.1) is 0 Å². The van der Waals surface area contributed by atoms with Crippen LogP contribution in [0.15, 0.2) is 0 Å². The number of hydrogen-bond donors (Lipinski definition) is 1. The molecule has 2 saturated carbocycles. The molecule has 0 aromatic rings. The fourth-order valence-electron chi connectivity index (χ4n) is 4.51. The van der Waals surface area contributed by atoms with Gasteiger partial charge in [0.1, 0.15) is 0 Å². The Bertz CT molecular complexity index is 360. The summed E-state index contributed by atoms with van der Waals surface area (Å²) in [6.45, 7) is 8.83. The highest BCUT2D eigenvalue weighted by molar-refractivity contribution is 5.18. The first-order valence-corrected chi connectivity index (χ1v) is 7.38. The van der Waals surface area contributed by atoms with Crippen LogP contribution in [0.3, 0.4) is 0 Å². The highest BCUT2D eigenvalue weighted by Crippen LogP contribution is 2.59. The predicted molar refractivity (Wildman–Crippen MR) is 72.8 cm³/mol. The molecular formula is C16H27NO. The molecule has 18 heavy (non-hydrogen) atoms. The first-order valence-electron chi connectivity index (χ1n) is 7.38. The Labute approximate surface area is 111 Å². The van der Waals surface area contributed by atoms with Crippen LogP contribution in [0.5, 0.6) is 0 Å². The lowest BCUT2D eigenvalue weighted by molar-refractivity contribution is -0.103. The van der Waals surface area contributed by atoms with E-state index in [1.54, 1.807) is 0 Å². The summed E-state index contributed by atoms with van der Waals surface area (Å²) >= 11 is 0. The molecule has 0 amide bonds. The molecule has 0 aromatic heterocycles. The third-order valence-corrected chi connectivity index (χ3v) is 5.59. The van der Waals surface area contributed by atoms with Gasteiger partial charge in [-0.1, -0.05) is 27.7 Å². The lowest BCUT2D eigenvalue weighted by Crippen LogP contribution is -2.51. The molecule has 2 fully saturated rings. The monoisotopic (exact) mass is 249 g/mol. The molecule has 2 heteroatoms. The molecule has 2 rings (SSSR count). The van der Waals surface area contributed by atoms with Gasteiger partial charge in [0.2, 0.25) is 0 Å². The van der Waals surface area contributed by atoms with Gasteiger partial charge in [-0.2, -0.15) is 5.26 Å². The van der Waals surface area contributed by atoms with Gasteiger partial charge in [0.25, 0.3) is 0 Å². The molecule has 0 saturated heterocycles. The molecule has 2 aliphatic rings. The molecule has 1 N–H and O–H groups in total. The van der Waals surface area contributed by atoms with Crippen LogP contribution in [0, 0.1) is 34.0 Å². The molecule has 2 atom stereocenters. The zero-order valence-corrected chi connectivity index (χ0v) is 12.3. The van der Waals surface area contributed by atoms with Crippen LogP contribution in [-0.2, 0) is 0 Å². The molecule has 0 bridgehead atoms. The average molecular weight is 249 g/mol. The first kappa shape index (κ1) is 13.9. The van der Waals surface area contributed by atoms with Crippen LogP contribution in [0.1, 0.15) is 66.2 Å². The number of nitriles is 1. The fourth-order valence-corrected chi connectivity index (χ4v) is 4.51.